The van der Waals surface area contributed by atoms with Gasteiger partial charge in [-0.1, -0.05) is 30.3 Å². The Labute approximate surface area is 109 Å². The number of benzene rings is 2. The third kappa shape index (κ3) is 2.01. The summed E-state index contributed by atoms with van der Waals surface area (Å²) in [5.41, 5.74) is 6.98. The van der Waals surface area contributed by atoms with Crippen molar-refractivity contribution in [3.8, 4) is 11.1 Å². The predicted octanol–water partition coefficient (Wildman–Crippen LogP) is 4.47. The summed E-state index contributed by atoms with van der Waals surface area (Å²) in [7, 11) is 0. The number of rotatable bonds is 1. The zero-order chi connectivity index (χ0) is 12.8. The van der Waals surface area contributed by atoms with Gasteiger partial charge in [-0.15, -0.1) is 0 Å². The highest BCUT2D eigenvalue weighted by atomic mass is 14.9. The molecular weight excluding hydrogens is 218 g/mol. The van der Waals surface area contributed by atoms with Crippen molar-refractivity contribution in [1.82, 2.24) is 0 Å². The van der Waals surface area contributed by atoms with Crippen LogP contribution in [-0.4, -0.2) is 5.54 Å². The third-order valence-corrected chi connectivity index (χ3v) is 3.32. The van der Waals surface area contributed by atoms with E-state index in [2.05, 4.69) is 68.6 Å². The maximum absolute atomic E-state index is 3.54. The smallest absolute Gasteiger partial charge is 0.0350 e. The topological polar surface area (TPSA) is 12.0 Å². The standard InChI is InChI=1S/C17H19N/c1-17(2,3)18-14-9-8-13-10-12-6-4-5-7-15(12)16(13)11-14/h4-9,11,18H,10H2,1-3H3. The summed E-state index contributed by atoms with van der Waals surface area (Å²) in [6.45, 7) is 6.57. The molecule has 92 valence electrons. The Hall–Kier alpha value is -1.76. The van der Waals surface area contributed by atoms with Gasteiger partial charge in [-0.25, -0.2) is 0 Å². The first kappa shape index (κ1) is 11.3. The molecule has 18 heavy (non-hydrogen) atoms. The predicted molar refractivity (Wildman–Crippen MR) is 78.1 cm³/mol. The average Bonchev–Trinajstić information content (AvgIpc) is 2.65. The van der Waals surface area contributed by atoms with E-state index in [9.17, 15) is 0 Å². The van der Waals surface area contributed by atoms with E-state index in [1.807, 2.05) is 0 Å². The van der Waals surface area contributed by atoms with Crippen molar-refractivity contribution in [1.29, 1.82) is 0 Å². The summed E-state index contributed by atoms with van der Waals surface area (Å²) < 4.78 is 0. The molecule has 0 aliphatic heterocycles. The van der Waals surface area contributed by atoms with Crippen LogP contribution in [0.1, 0.15) is 31.9 Å². The van der Waals surface area contributed by atoms with Crippen molar-refractivity contribution in [3.05, 3.63) is 53.6 Å². The summed E-state index contributed by atoms with van der Waals surface area (Å²) in [4.78, 5) is 0. The van der Waals surface area contributed by atoms with Crippen LogP contribution in [-0.2, 0) is 6.42 Å². The Morgan fingerprint density at radius 3 is 2.39 bits per heavy atom. The molecule has 0 fully saturated rings. The van der Waals surface area contributed by atoms with Crippen molar-refractivity contribution in [2.24, 2.45) is 0 Å². The Balaban J connectivity index is 2.03. The monoisotopic (exact) mass is 237 g/mol. The van der Waals surface area contributed by atoms with Crippen LogP contribution in [0.2, 0.25) is 0 Å². The Morgan fingerprint density at radius 2 is 1.61 bits per heavy atom. The van der Waals surface area contributed by atoms with Crippen LogP contribution in [0.5, 0.6) is 0 Å². The van der Waals surface area contributed by atoms with Gasteiger partial charge in [0, 0.05) is 11.2 Å². The van der Waals surface area contributed by atoms with Gasteiger partial charge in [0.2, 0.25) is 0 Å². The molecule has 0 amide bonds. The molecule has 0 radical (unpaired) electrons. The minimum absolute atomic E-state index is 0.104. The van der Waals surface area contributed by atoms with Gasteiger partial charge in [0.1, 0.15) is 0 Å². The van der Waals surface area contributed by atoms with Gasteiger partial charge in [0.15, 0.2) is 0 Å². The van der Waals surface area contributed by atoms with Crippen LogP contribution in [0.25, 0.3) is 11.1 Å². The van der Waals surface area contributed by atoms with Crippen LogP contribution in [0.4, 0.5) is 5.69 Å². The van der Waals surface area contributed by atoms with Gasteiger partial charge in [0.05, 0.1) is 0 Å². The average molecular weight is 237 g/mol. The molecule has 1 aliphatic carbocycles. The molecule has 0 heterocycles. The molecule has 0 saturated heterocycles. The molecule has 1 nitrogen and oxygen atoms in total. The second-order valence-corrected chi connectivity index (χ2v) is 6.08. The molecular formula is C17H19N. The number of anilines is 1. The van der Waals surface area contributed by atoms with E-state index in [1.165, 1.54) is 27.9 Å². The highest BCUT2D eigenvalue weighted by Crippen LogP contribution is 2.38. The normalized spacial score (nSPS) is 13.1. The summed E-state index contributed by atoms with van der Waals surface area (Å²) in [6.07, 6.45) is 1.07. The Kier molecular flexibility index (Phi) is 2.44. The number of nitrogens with one attached hydrogen (secondary N) is 1. The van der Waals surface area contributed by atoms with Crippen molar-refractivity contribution in [2.45, 2.75) is 32.7 Å². The quantitative estimate of drug-likeness (QED) is 0.658. The molecule has 2 aromatic rings. The maximum Gasteiger partial charge on any atom is 0.0350 e. The van der Waals surface area contributed by atoms with Gasteiger partial charge in [-0.3, -0.25) is 0 Å². The first-order valence-corrected chi connectivity index (χ1v) is 6.52. The van der Waals surface area contributed by atoms with E-state index in [0.717, 1.165) is 6.42 Å². The molecule has 2 aromatic carbocycles. The molecule has 1 N–H and O–H groups in total. The highest BCUT2D eigenvalue weighted by Gasteiger charge is 2.18. The SMILES string of the molecule is CC(C)(C)Nc1ccc2c(c1)-c1ccccc1C2. The van der Waals surface area contributed by atoms with Crippen LogP contribution in [0, 0.1) is 0 Å². The molecule has 0 aromatic heterocycles. The second-order valence-electron chi connectivity index (χ2n) is 6.08. The van der Waals surface area contributed by atoms with Crippen LogP contribution < -0.4 is 5.32 Å². The van der Waals surface area contributed by atoms with Gasteiger partial charge in [0.25, 0.3) is 0 Å². The lowest BCUT2D eigenvalue weighted by atomic mass is 10.0. The zero-order valence-corrected chi connectivity index (χ0v) is 11.2. The van der Waals surface area contributed by atoms with Crippen molar-refractivity contribution in [2.75, 3.05) is 5.32 Å². The molecule has 0 atom stereocenters. The number of fused-ring (bicyclic) bond motifs is 3. The van der Waals surface area contributed by atoms with E-state index in [4.69, 9.17) is 0 Å². The first-order chi connectivity index (χ1) is 8.53. The van der Waals surface area contributed by atoms with E-state index in [0.29, 0.717) is 0 Å². The third-order valence-electron chi connectivity index (χ3n) is 3.32. The molecule has 0 bridgehead atoms. The second kappa shape index (κ2) is 3.88. The lowest BCUT2D eigenvalue weighted by Gasteiger charge is -2.22. The summed E-state index contributed by atoms with van der Waals surface area (Å²) >= 11 is 0. The molecule has 0 saturated carbocycles. The molecule has 0 unspecified atom stereocenters. The van der Waals surface area contributed by atoms with Crippen molar-refractivity contribution < 1.29 is 0 Å². The molecule has 1 aliphatic rings. The number of hydrogen-bond donors (Lipinski definition) is 1. The summed E-state index contributed by atoms with van der Waals surface area (Å²) in [6, 6.07) is 15.4. The lowest BCUT2D eigenvalue weighted by molar-refractivity contribution is 0.634. The zero-order valence-electron chi connectivity index (χ0n) is 11.2. The Morgan fingerprint density at radius 1 is 0.889 bits per heavy atom. The first-order valence-electron chi connectivity index (χ1n) is 6.52. The lowest BCUT2D eigenvalue weighted by Crippen LogP contribution is -2.25. The minimum atomic E-state index is 0.104. The fraction of sp³-hybridized carbons (Fsp3) is 0.294. The molecule has 0 spiro atoms. The van der Waals surface area contributed by atoms with Crippen molar-refractivity contribution >= 4 is 5.69 Å². The minimum Gasteiger partial charge on any atom is -0.380 e. The van der Waals surface area contributed by atoms with Crippen LogP contribution >= 0.6 is 0 Å². The van der Waals surface area contributed by atoms with Gasteiger partial charge < -0.3 is 5.32 Å². The largest absolute Gasteiger partial charge is 0.380 e. The fourth-order valence-electron chi connectivity index (χ4n) is 2.63. The van der Waals surface area contributed by atoms with E-state index < -0.39 is 0 Å². The van der Waals surface area contributed by atoms with Gasteiger partial charge >= 0.3 is 0 Å². The van der Waals surface area contributed by atoms with Crippen LogP contribution in [0.3, 0.4) is 0 Å². The molecule has 3 rings (SSSR count). The summed E-state index contributed by atoms with van der Waals surface area (Å²) in [5.74, 6) is 0. The highest BCUT2D eigenvalue weighted by molar-refractivity contribution is 5.79. The number of hydrogen-bond acceptors (Lipinski definition) is 1. The van der Waals surface area contributed by atoms with Gasteiger partial charge in [-0.2, -0.15) is 0 Å². The molecule has 1 heteroatoms. The van der Waals surface area contributed by atoms with Gasteiger partial charge in [-0.05, 0) is 61.6 Å². The van der Waals surface area contributed by atoms with E-state index in [-0.39, 0.29) is 5.54 Å². The van der Waals surface area contributed by atoms with Crippen LogP contribution in [0.15, 0.2) is 42.5 Å². The maximum atomic E-state index is 3.54. The Bertz CT molecular complexity index is 591. The fourth-order valence-corrected chi connectivity index (χ4v) is 2.63. The summed E-state index contributed by atoms with van der Waals surface area (Å²) in [5, 5.41) is 3.54. The van der Waals surface area contributed by atoms with E-state index >= 15 is 0 Å². The van der Waals surface area contributed by atoms with E-state index in [1.54, 1.807) is 0 Å². The van der Waals surface area contributed by atoms with Crippen molar-refractivity contribution in [3.63, 3.8) is 0 Å².